The molecular formula is C20H24FN5O. The molecule has 1 amide bonds. The largest absolute Gasteiger partial charge is 0.357 e. The summed E-state index contributed by atoms with van der Waals surface area (Å²) in [5.41, 5.74) is 2.32. The number of benzene rings is 1. The Morgan fingerprint density at radius 1 is 1.26 bits per heavy atom. The molecule has 1 fully saturated rings. The molecule has 0 saturated carbocycles. The van der Waals surface area contributed by atoms with Gasteiger partial charge in [-0.2, -0.15) is 0 Å². The molecule has 142 valence electrons. The molecule has 0 spiro atoms. The van der Waals surface area contributed by atoms with Crippen molar-refractivity contribution in [2.75, 3.05) is 18.0 Å². The lowest BCUT2D eigenvalue weighted by molar-refractivity contribution is -0.117. The Labute approximate surface area is 158 Å². The molecular weight excluding hydrogens is 345 g/mol. The van der Waals surface area contributed by atoms with Gasteiger partial charge in [0.15, 0.2) is 5.96 Å². The van der Waals surface area contributed by atoms with Gasteiger partial charge in [-0.15, -0.1) is 0 Å². The number of guanidine groups is 1. The van der Waals surface area contributed by atoms with Crippen LogP contribution in [0.3, 0.4) is 0 Å². The van der Waals surface area contributed by atoms with Crippen LogP contribution < -0.4 is 15.5 Å². The average Bonchev–Trinajstić information content (AvgIpc) is 3.11. The molecule has 0 aliphatic carbocycles. The van der Waals surface area contributed by atoms with Crippen molar-refractivity contribution in [3.05, 3.63) is 59.7 Å². The summed E-state index contributed by atoms with van der Waals surface area (Å²) in [5, 5.41) is 6.23. The number of halogens is 1. The van der Waals surface area contributed by atoms with Crippen LogP contribution in [0.5, 0.6) is 0 Å². The smallest absolute Gasteiger partial charge is 0.227 e. The zero-order valence-electron chi connectivity index (χ0n) is 15.4. The molecule has 2 N–H and O–H groups in total. The lowest BCUT2D eigenvalue weighted by atomic mass is 10.2. The second kappa shape index (κ2) is 9.12. The van der Waals surface area contributed by atoms with Crippen LogP contribution in [0.2, 0.25) is 0 Å². The van der Waals surface area contributed by atoms with Crippen LogP contribution in [0.1, 0.15) is 31.0 Å². The summed E-state index contributed by atoms with van der Waals surface area (Å²) >= 11 is 0. The highest BCUT2D eigenvalue weighted by atomic mass is 19.1. The molecule has 2 aromatic rings. The van der Waals surface area contributed by atoms with Crippen molar-refractivity contribution in [2.24, 2.45) is 4.99 Å². The molecule has 1 aliphatic heterocycles. The van der Waals surface area contributed by atoms with Crippen molar-refractivity contribution in [3.8, 4) is 0 Å². The van der Waals surface area contributed by atoms with E-state index >= 15 is 0 Å². The van der Waals surface area contributed by atoms with Gasteiger partial charge in [-0.1, -0.05) is 12.1 Å². The number of carbonyl (C=O) groups is 1. The number of carbonyl (C=O) groups excluding carboxylic acids is 1. The number of hydrogen-bond acceptors (Lipinski definition) is 3. The fourth-order valence-corrected chi connectivity index (χ4v) is 2.93. The fraction of sp³-hybridized carbons (Fsp3) is 0.350. The van der Waals surface area contributed by atoms with E-state index in [1.165, 1.54) is 6.07 Å². The Hall–Kier alpha value is -2.96. The molecule has 3 rings (SSSR count). The molecule has 27 heavy (non-hydrogen) atoms. The zero-order chi connectivity index (χ0) is 19.1. The minimum absolute atomic E-state index is 0.182. The van der Waals surface area contributed by atoms with E-state index < -0.39 is 0 Å². The third kappa shape index (κ3) is 5.03. The number of rotatable bonds is 6. The standard InChI is InChI=1S/C20H24FN5O/c1-2-22-20(25-14-18-17(21)5-3-11-23-18)24-13-15-7-9-16(10-8-15)26-12-4-6-19(26)27/h3,5,7-11H,2,4,6,12-14H2,1H3,(H2,22,24,25). The van der Waals surface area contributed by atoms with E-state index in [1.54, 1.807) is 12.3 Å². The number of amides is 1. The summed E-state index contributed by atoms with van der Waals surface area (Å²) in [4.78, 5) is 22.2. The number of nitrogens with one attached hydrogen (secondary N) is 2. The van der Waals surface area contributed by atoms with Crippen molar-refractivity contribution in [3.63, 3.8) is 0 Å². The first-order chi connectivity index (χ1) is 13.2. The van der Waals surface area contributed by atoms with Crippen LogP contribution in [0.4, 0.5) is 10.1 Å². The first-order valence-electron chi connectivity index (χ1n) is 9.18. The Morgan fingerprint density at radius 2 is 2.07 bits per heavy atom. The number of aliphatic imine (C=N–C) groups is 1. The highest BCUT2D eigenvalue weighted by Gasteiger charge is 2.21. The highest BCUT2D eigenvalue weighted by Crippen LogP contribution is 2.21. The first-order valence-corrected chi connectivity index (χ1v) is 9.18. The summed E-state index contributed by atoms with van der Waals surface area (Å²) in [7, 11) is 0. The number of anilines is 1. The van der Waals surface area contributed by atoms with Gasteiger partial charge >= 0.3 is 0 Å². The van der Waals surface area contributed by atoms with E-state index in [2.05, 4.69) is 20.6 Å². The Bertz CT molecular complexity index is 806. The fourth-order valence-electron chi connectivity index (χ4n) is 2.93. The van der Waals surface area contributed by atoms with E-state index in [9.17, 15) is 9.18 Å². The molecule has 2 heterocycles. The topological polar surface area (TPSA) is 69.6 Å². The maximum Gasteiger partial charge on any atom is 0.227 e. The van der Waals surface area contributed by atoms with Gasteiger partial charge in [0.25, 0.3) is 0 Å². The van der Waals surface area contributed by atoms with Gasteiger partial charge < -0.3 is 15.5 Å². The molecule has 6 nitrogen and oxygen atoms in total. The third-order valence-electron chi connectivity index (χ3n) is 4.34. The normalized spacial score (nSPS) is 14.5. The van der Waals surface area contributed by atoms with Crippen LogP contribution in [-0.4, -0.2) is 29.9 Å². The van der Waals surface area contributed by atoms with Gasteiger partial charge in [0.2, 0.25) is 5.91 Å². The van der Waals surface area contributed by atoms with Crippen LogP contribution in [-0.2, 0) is 17.9 Å². The highest BCUT2D eigenvalue weighted by molar-refractivity contribution is 5.95. The number of pyridine rings is 1. The van der Waals surface area contributed by atoms with E-state index in [4.69, 9.17) is 0 Å². The molecule has 0 unspecified atom stereocenters. The third-order valence-corrected chi connectivity index (χ3v) is 4.34. The zero-order valence-corrected chi connectivity index (χ0v) is 15.4. The van der Waals surface area contributed by atoms with E-state index in [1.807, 2.05) is 36.1 Å². The van der Waals surface area contributed by atoms with Gasteiger partial charge in [0.1, 0.15) is 5.82 Å². The predicted molar refractivity (Wildman–Crippen MR) is 104 cm³/mol. The summed E-state index contributed by atoms with van der Waals surface area (Å²) in [6.07, 6.45) is 3.11. The maximum atomic E-state index is 13.7. The molecule has 1 saturated heterocycles. The molecule has 0 atom stereocenters. The molecule has 0 bridgehead atoms. The Morgan fingerprint density at radius 3 is 2.74 bits per heavy atom. The molecule has 7 heteroatoms. The van der Waals surface area contributed by atoms with Crippen LogP contribution in [0.15, 0.2) is 47.6 Å². The number of nitrogens with zero attached hydrogens (tertiary/aromatic N) is 3. The van der Waals surface area contributed by atoms with Crippen molar-refractivity contribution < 1.29 is 9.18 Å². The van der Waals surface area contributed by atoms with Gasteiger partial charge in [0.05, 0.1) is 18.8 Å². The molecule has 0 radical (unpaired) electrons. The minimum Gasteiger partial charge on any atom is -0.357 e. The van der Waals surface area contributed by atoms with Crippen molar-refractivity contribution >= 4 is 17.6 Å². The minimum atomic E-state index is -0.340. The Kier molecular flexibility index (Phi) is 6.35. The van der Waals surface area contributed by atoms with Crippen LogP contribution >= 0.6 is 0 Å². The van der Waals surface area contributed by atoms with Gasteiger partial charge in [-0.05, 0) is 43.2 Å². The summed E-state index contributed by atoms with van der Waals surface area (Å²) < 4.78 is 13.7. The average molecular weight is 369 g/mol. The monoisotopic (exact) mass is 369 g/mol. The Balaban J connectivity index is 1.60. The SMILES string of the molecule is CCNC(=NCc1ccc(N2CCCC2=O)cc1)NCc1ncccc1F. The van der Waals surface area contributed by atoms with Gasteiger partial charge in [-0.3, -0.25) is 9.78 Å². The number of aromatic nitrogens is 1. The molecule has 1 aromatic heterocycles. The number of hydrogen-bond donors (Lipinski definition) is 2. The lowest BCUT2D eigenvalue weighted by Gasteiger charge is -2.16. The van der Waals surface area contributed by atoms with Gasteiger partial charge in [0, 0.05) is 31.4 Å². The second-order valence-electron chi connectivity index (χ2n) is 6.30. The maximum absolute atomic E-state index is 13.7. The van der Waals surface area contributed by atoms with E-state index in [0.29, 0.717) is 31.2 Å². The van der Waals surface area contributed by atoms with E-state index in [0.717, 1.165) is 24.2 Å². The molecule has 1 aliphatic rings. The summed E-state index contributed by atoms with van der Waals surface area (Å²) in [6.45, 7) is 4.20. The lowest BCUT2D eigenvalue weighted by Crippen LogP contribution is -2.37. The first kappa shape index (κ1) is 18.8. The second-order valence-corrected chi connectivity index (χ2v) is 6.30. The van der Waals surface area contributed by atoms with Crippen LogP contribution in [0, 0.1) is 5.82 Å². The predicted octanol–water partition coefficient (Wildman–Crippen LogP) is 2.60. The van der Waals surface area contributed by atoms with Crippen molar-refractivity contribution in [1.82, 2.24) is 15.6 Å². The van der Waals surface area contributed by atoms with Crippen LogP contribution in [0.25, 0.3) is 0 Å². The summed E-state index contributed by atoms with van der Waals surface area (Å²) in [6, 6.07) is 10.8. The quantitative estimate of drug-likeness (QED) is 0.607. The van der Waals surface area contributed by atoms with E-state index in [-0.39, 0.29) is 18.3 Å². The van der Waals surface area contributed by atoms with Crippen molar-refractivity contribution in [1.29, 1.82) is 0 Å². The van der Waals surface area contributed by atoms with Crippen molar-refractivity contribution in [2.45, 2.75) is 32.9 Å². The summed E-state index contributed by atoms with van der Waals surface area (Å²) in [5.74, 6) is 0.440. The van der Waals surface area contributed by atoms with Gasteiger partial charge in [-0.25, -0.2) is 9.38 Å². The molecule has 1 aromatic carbocycles.